The number of allylic oxidation sites excluding steroid dienone is 1. The van der Waals surface area contributed by atoms with Crippen molar-refractivity contribution in [2.24, 2.45) is 0 Å². The smallest absolute Gasteiger partial charge is 0.123 e. The van der Waals surface area contributed by atoms with Gasteiger partial charge in [-0.2, -0.15) is 5.26 Å². The molecule has 0 fully saturated rings. The number of halogens is 1. The Hall–Kier alpha value is -2.40. The Labute approximate surface area is 106 Å². The fraction of sp³-hybridized carbons (Fsp3) is 0.0625. The quantitative estimate of drug-likeness (QED) is 0.722. The molecule has 0 heterocycles. The van der Waals surface area contributed by atoms with E-state index in [2.05, 4.69) is 0 Å². The number of hydrogen-bond acceptors (Lipinski definition) is 1. The molecular formula is C16H12FN. The lowest BCUT2D eigenvalue weighted by Crippen LogP contribution is -1.89. The standard InChI is InChI=1S/C16H12FN/c1-12-3-2-4-14(11-12)16(9-10-18)13-5-7-15(17)8-6-13/h2-9,11H,1H3. The van der Waals surface area contributed by atoms with E-state index in [0.717, 1.165) is 22.3 Å². The zero-order valence-electron chi connectivity index (χ0n) is 10.0. The van der Waals surface area contributed by atoms with Crippen LogP contribution in [0.1, 0.15) is 16.7 Å². The summed E-state index contributed by atoms with van der Waals surface area (Å²) in [6.45, 7) is 2.00. The fourth-order valence-electron chi connectivity index (χ4n) is 1.84. The lowest BCUT2D eigenvalue weighted by atomic mass is 9.96. The van der Waals surface area contributed by atoms with Gasteiger partial charge in [0.25, 0.3) is 0 Å². The van der Waals surface area contributed by atoms with E-state index in [1.54, 1.807) is 12.1 Å². The summed E-state index contributed by atoms with van der Waals surface area (Å²) >= 11 is 0. The second-order valence-electron chi connectivity index (χ2n) is 4.06. The molecule has 2 heteroatoms. The predicted molar refractivity (Wildman–Crippen MR) is 70.3 cm³/mol. The molecule has 0 bridgehead atoms. The Morgan fingerprint density at radius 3 is 2.44 bits per heavy atom. The van der Waals surface area contributed by atoms with Gasteiger partial charge in [-0.3, -0.25) is 0 Å². The zero-order valence-corrected chi connectivity index (χ0v) is 10.0. The number of nitrogens with zero attached hydrogens (tertiary/aromatic N) is 1. The number of nitriles is 1. The normalized spacial score (nSPS) is 11.1. The minimum atomic E-state index is -0.278. The Morgan fingerprint density at radius 2 is 1.83 bits per heavy atom. The molecule has 0 aliphatic heterocycles. The molecule has 18 heavy (non-hydrogen) atoms. The second-order valence-corrected chi connectivity index (χ2v) is 4.06. The van der Waals surface area contributed by atoms with Gasteiger partial charge >= 0.3 is 0 Å². The molecule has 0 radical (unpaired) electrons. The van der Waals surface area contributed by atoms with Crippen LogP contribution in [0.5, 0.6) is 0 Å². The Morgan fingerprint density at radius 1 is 1.11 bits per heavy atom. The van der Waals surface area contributed by atoms with Crippen molar-refractivity contribution in [1.29, 1.82) is 5.26 Å². The van der Waals surface area contributed by atoms with Gasteiger partial charge in [0, 0.05) is 6.08 Å². The fourth-order valence-corrected chi connectivity index (χ4v) is 1.84. The number of benzene rings is 2. The number of hydrogen-bond donors (Lipinski definition) is 0. The zero-order chi connectivity index (χ0) is 13.0. The van der Waals surface area contributed by atoms with Gasteiger partial charge in [0.2, 0.25) is 0 Å². The largest absolute Gasteiger partial charge is 0.207 e. The van der Waals surface area contributed by atoms with E-state index in [1.807, 2.05) is 37.3 Å². The second kappa shape index (κ2) is 5.29. The topological polar surface area (TPSA) is 23.8 Å². The van der Waals surface area contributed by atoms with E-state index in [4.69, 9.17) is 5.26 Å². The summed E-state index contributed by atoms with van der Waals surface area (Å²) in [5.74, 6) is -0.278. The van der Waals surface area contributed by atoms with Crippen LogP contribution in [-0.2, 0) is 0 Å². The Bertz CT molecular complexity index is 618. The van der Waals surface area contributed by atoms with Gasteiger partial charge in [0.15, 0.2) is 0 Å². The van der Waals surface area contributed by atoms with Crippen molar-refractivity contribution >= 4 is 5.57 Å². The first-order chi connectivity index (χ1) is 8.70. The Kier molecular flexibility index (Phi) is 3.54. The minimum absolute atomic E-state index is 0.278. The van der Waals surface area contributed by atoms with Crippen LogP contribution in [0.3, 0.4) is 0 Å². The van der Waals surface area contributed by atoms with Crippen LogP contribution in [0.2, 0.25) is 0 Å². The van der Waals surface area contributed by atoms with Crippen molar-refractivity contribution in [3.05, 3.63) is 77.1 Å². The summed E-state index contributed by atoms with van der Waals surface area (Å²) in [6, 6.07) is 16.1. The average Bonchev–Trinajstić information content (AvgIpc) is 2.37. The highest BCUT2D eigenvalue weighted by Gasteiger charge is 2.05. The average molecular weight is 237 g/mol. The van der Waals surface area contributed by atoms with E-state index in [1.165, 1.54) is 18.2 Å². The summed E-state index contributed by atoms with van der Waals surface area (Å²) in [5, 5.41) is 8.88. The molecule has 2 rings (SSSR count). The maximum absolute atomic E-state index is 12.9. The minimum Gasteiger partial charge on any atom is -0.207 e. The molecule has 0 aliphatic carbocycles. The molecule has 0 spiro atoms. The van der Waals surface area contributed by atoms with Crippen molar-refractivity contribution in [3.8, 4) is 6.07 Å². The molecule has 2 aromatic carbocycles. The molecule has 0 saturated carbocycles. The van der Waals surface area contributed by atoms with E-state index in [-0.39, 0.29) is 5.82 Å². The summed E-state index contributed by atoms with van der Waals surface area (Å²) in [4.78, 5) is 0. The number of rotatable bonds is 2. The molecule has 1 nitrogen and oxygen atoms in total. The monoisotopic (exact) mass is 237 g/mol. The highest BCUT2D eigenvalue weighted by Crippen LogP contribution is 2.24. The molecule has 0 aliphatic rings. The van der Waals surface area contributed by atoms with E-state index in [0.29, 0.717) is 0 Å². The van der Waals surface area contributed by atoms with Crippen LogP contribution in [0.4, 0.5) is 4.39 Å². The molecule has 0 N–H and O–H groups in total. The van der Waals surface area contributed by atoms with Crippen molar-refractivity contribution < 1.29 is 4.39 Å². The van der Waals surface area contributed by atoms with Crippen LogP contribution in [-0.4, -0.2) is 0 Å². The molecule has 2 aromatic rings. The molecule has 0 atom stereocenters. The summed E-state index contributed by atoms with van der Waals surface area (Å²) in [6.07, 6.45) is 1.49. The van der Waals surface area contributed by atoms with Crippen LogP contribution in [0.25, 0.3) is 5.57 Å². The van der Waals surface area contributed by atoms with Gasteiger partial charge in [0.05, 0.1) is 6.07 Å². The molecule has 0 saturated heterocycles. The molecular weight excluding hydrogens is 225 g/mol. The first-order valence-corrected chi connectivity index (χ1v) is 5.63. The third-order valence-corrected chi connectivity index (χ3v) is 2.69. The van der Waals surface area contributed by atoms with Crippen molar-refractivity contribution in [2.75, 3.05) is 0 Å². The van der Waals surface area contributed by atoms with Gasteiger partial charge in [-0.25, -0.2) is 4.39 Å². The Balaban J connectivity index is 2.51. The number of aryl methyl sites for hydroxylation is 1. The van der Waals surface area contributed by atoms with E-state index < -0.39 is 0 Å². The van der Waals surface area contributed by atoms with Crippen LogP contribution in [0.15, 0.2) is 54.6 Å². The maximum atomic E-state index is 12.9. The third kappa shape index (κ3) is 2.64. The lowest BCUT2D eigenvalue weighted by molar-refractivity contribution is 0.627. The van der Waals surface area contributed by atoms with Gasteiger partial charge in [-0.15, -0.1) is 0 Å². The summed E-state index contributed by atoms with van der Waals surface area (Å²) in [7, 11) is 0. The van der Waals surface area contributed by atoms with E-state index >= 15 is 0 Å². The van der Waals surface area contributed by atoms with Crippen molar-refractivity contribution in [1.82, 2.24) is 0 Å². The molecule has 0 unspecified atom stereocenters. The maximum Gasteiger partial charge on any atom is 0.123 e. The first kappa shape index (κ1) is 12.1. The third-order valence-electron chi connectivity index (χ3n) is 2.69. The molecule has 88 valence electrons. The van der Waals surface area contributed by atoms with Crippen LogP contribution >= 0.6 is 0 Å². The first-order valence-electron chi connectivity index (χ1n) is 5.63. The SMILES string of the molecule is Cc1cccc(C(=CC#N)c2ccc(F)cc2)c1. The van der Waals surface area contributed by atoms with Crippen LogP contribution in [0, 0.1) is 24.1 Å². The summed E-state index contributed by atoms with van der Waals surface area (Å²) < 4.78 is 12.9. The van der Waals surface area contributed by atoms with Gasteiger partial charge < -0.3 is 0 Å². The van der Waals surface area contributed by atoms with Gasteiger partial charge in [-0.1, -0.05) is 42.0 Å². The van der Waals surface area contributed by atoms with E-state index in [9.17, 15) is 4.39 Å². The summed E-state index contributed by atoms with van der Waals surface area (Å²) in [5.41, 5.74) is 3.73. The predicted octanol–water partition coefficient (Wildman–Crippen LogP) is 4.09. The van der Waals surface area contributed by atoms with Gasteiger partial charge in [0.1, 0.15) is 5.82 Å². The van der Waals surface area contributed by atoms with Crippen molar-refractivity contribution in [2.45, 2.75) is 6.92 Å². The van der Waals surface area contributed by atoms with Crippen molar-refractivity contribution in [3.63, 3.8) is 0 Å². The van der Waals surface area contributed by atoms with Gasteiger partial charge in [-0.05, 0) is 35.8 Å². The molecule has 0 aromatic heterocycles. The highest BCUT2D eigenvalue weighted by molar-refractivity contribution is 5.81. The van der Waals surface area contributed by atoms with Crippen LogP contribution < -0.4 is 0 Å². The lowest BCUT2D eigenvalue weighted by Gasteiger charge is -2.07. The molecule has 0 amide bonds. The highest BCUT2D eigenvalue weighted by atomic mass is 19.1.